The van der Waals surface area contributed by atoms with E-state index in [1.807, 2.05) is 0 Å². The number of aromatic nitrogens is 1. The lowest BCUT2D eigenvalue weighted by atomic mass is 10.1. The summed E-state index contributed by atoms with van der Waals surface area (Å²) < 4.78 is 32.6. The van der Waals surface area contributed by atoms with Crippen LogP contribution in [0.4, 0.5) is 0 Å². The average molecular weight is 382 g/mol. The maximum Gasteiger partial charge on any atom is 0.251 e. The molecule has 0 saturated carbocycles. The van der Waals surface area contributed by atoms with E-state index in [0.29, 0.717) is 22.6 Å². The summed E-state index contributed by atoms with van der Waals surface area (Å²) in [5.41, 5.74) is 0.783. The van der Waals surface area contributed by atoms with Gasteiger partial charge in [0.1, 0.15) is 9.84 Å². The molecule has 26 heavy (non-hydrogen) atoms. The molecule has 2 aromatic rings. The lowest BCUT2D eigenvalue weighted by Gasteiger charge is -2.10. The fraction of sp³-hybridized carbons (Fsp3) is 0.412. The van der Waals surface area contributed by atoms with E-state index < -0.39 is 9.84 Å². The third-order valence-electron chi connectivity index (χ3n) is 3.84. The summed E-state index contributed by atoms with van der Waals surface area (Å²) in [4.78, 5) is 26.8. The predicted molar refractivity (Wildman–Crippen MR) is 98.7 cm³/mol. The largest absolute Gasteiger partial charge is 0.493 e. The molecule has 0 spiro atoms. The van der Waals surface area contributed by atoms with Crippen molar-refractivity contribution in [2.45, 2.75) is 12.8 Å². The van der Waals surface area contributed by atoms with Crippen molar-refractivity contribution in [1.82, 2.24) is 10.3 Å². The molecule has 1 amide bonds. The van der Waals surface area contributed by atoms with Crippen LogP contribution in [0.3, 0.4) is 0 Å². The number of nitrogens with one attached hydrogen (secondary N) is 2. The Hall–Kier alpha value is -2.55. The first-order chi connectivity index (χ1) is 12.2. The van der Waals surface area contributed by atoms with Gasteiger partial charge in [0.15, 0.2) is 11.5 Å². The molecular weight excluding hydrogens is 360 g/mol. The Morgan fingerprint density at radius 1 is 1.15 bits per heavy atom. The Morgan fingerprint density at radius 2 is 1.81 bits per heavy atom. The van der Waals surface area contributed by atoms with E-state index in [0.717, 1.165) is 11.6 Å². The second kappa shape index (κ2) is 8.22. The summed E-state index contributed by atoms with van der Waals surface area (Å²) in [5, 5.41) is 3.29. The van der Waals surface area contributed by atoms with Gasteiger partial charge in [-0.25, -0.2) is 8.42 Å². The first-order valence-electron chi connectivity index (χ1n) is 7.96. The Kier molecular flexibility index (Phi) is 6.25. The zero-order valence-corrected chi connectivity index (χ0v) is 15.7. The first kappa shape index (κ1) is 19.8. The van der Waals surface area contributed by atoms with Crippen molar-refractivity contribution < 1.29 is 22.7 Å². The molecule has 0 radical (unpaired) electrons. The van der Waals surface area contributed by atoms with Gasteiger partial charge in [0.25, 0.3) is 5.56 Å². The highest BCUT2D eigenvalue weighted by Crippen LogP contribution is 2.31. The van der Waals surface area contributed by atoms with Gasteiger partial charge in [-0.3, -0.25) is 9.59 Å². The number of rotatable bonds is 8. The van der Waals surface area contributed by atoms with E-state index in [9.17, 15) is 18.0 Å². The second-order valence-electron chi connectivity index (χ2n) is 5.90. The number of sulfone groups is 1. The fourth-order valence-corrected chi connectivity index (χ4v) is 2.95. The molecule has 142 valence electrons. The van der Waals surface area contributed by atoms with Crippen molar-refractivity contribution in [1.29, 1.82) is 0 Å². The number of methoxy groups -OCH3 is 2. The fourth-order valence-electron chi connectivity index (χ4n) is 2.48. The van der Waals surface area contributed by atoms with Crippen LogP contribution in [0, 0.1) is 0 Å². The summed E-state index contributed by atoms with van der Waals surface area (Å²) in [6.07, 6.45) is 1.44. The molecule has 0 aliphatic rings. The van der Waals surface area contributed by atoms with E-state index >= 15 is 0 Å². The number of H-pyrrole nitrogens is 1. The number of aryl methyl sites for hydroxylation is 1. The van der Waals surface area contributed by atoms with Crippen LogP contribution in [0.2, 0.25) is 0 Å². The standard InChI is InChI=1S/C17H22N2O6S/c1-24-14-9-12-8-11(17(21)19-13(12)10-15(14)25-2)4-5-16(20)18-6-7-26(3,22)23/h8-10H,4-7H2,1-3H3,(H,18,20)(H,19,21). The Morgan fingerprint density at radius 3 is 2.42 bits per heavy atom. The van der Waals surface area contributed by atoms with Gasteiger partial charge in [-0.05, 0) is 18.6 Å². The topological polar surface area (TPSA) is 115 Å². The molecule has 0 bridgehead atoms. The number of pyridine rings is 1. The van der Waals surface area contributed by atoms with E-state index in [1.54, 1.807) is 18.2 Å². The minimum absolute atomic E-state index is 0.0583. The number of carbonyl (C=O) groups excluding carboxylic acids is 1. The Labute approximate surface area is 151 Å². The summed E-state index contributed by atoms with van der Waals surface area (Å²) in [5.74, 6) is 0.627. The molecule has 0 unspecified atom stereocenters. The zero-order valence-electron chi connectivity index (χ0n) is 14.9. The molecule has 0 aliphatic carbocycles. The summed E-state index contributed by atoms with van der Waals surface area (Å²) in [6.45, 7) is 0.0583. The van der Waals surface area contributed by atoms with Gasteiger partial charge in [0.05, 0.1) is 25.5 Å². The van der Waals surface area contributed by atoms with Crippen LogP contribution in [0.1, 0.15) is 12.0 Å². The van der Waals surface area contributed by atoms with Crippen LogP contribution < -0.4 is 20.3 Å². The molecule has 2 N–H and O–H groups in total. The number of amides is 1. The monoisotopic (exact) mass is 382 g/mol. The third-order valence-corrected chi connectivity index (χ3v) is 4.79. The summed E-state index contributed by atoms with van der Waals surface area (Å²) in [6, 6.07) is 5.14. The highest BCUT2D eigenvalue weighted by molar-refractivity contribution is 7.90. The lowest BCUT2D eigenvalue weighted by Crippen LogP contribution is -2.29. The SMILES string of the molecule is COc1cc2cc(CCC(=O)NCCS(C)(=O)=O)c(=O)[nH]c2cc1OC. The minimum Gasteiger partial charge on any atom is -0.493 e. The molecule has 0 fully saturated rings. The number of fused-ring (bicyclic) bond motifs is 1. The van der Waals surface area contributed by atoms with Gasteiger partial charge in [-0.2, -0.15) is 0 Å². The number of carbonyl (C=O) groups is 1. The maximum absolute atomic E-state index is 12.2. The lowest BCUT2D eigenvalue weighted by molar-refractivity contribution is -0.120. The average Bonchev–Trinajstić information content (AvgIpc) is 2.57. The molecule has 0 atom stereocenters. The number of hydrogen-bond acceptors (Lipinski definition) is 6. The van der Waals surface area contributed by atoms with Gasteiger partial charge >= 0.3 is 0 Å². The summed E-state index contributed by atoms with van der Waals surface area (Å²) >= 11 is 0. The second-order valence-corrected chi connectivity index (χ2v) is 8.16. The number of benzene rings is 1. The van der Waals surface area contributed by atoms with E-state index in [4.69, 9.17) is 9.47 Å². The number of aromatic amines is 1. The Bertz CT molecular complexity index is 965. The molecule has 1 aromatic heterocycles. The van der Waals surface area contributed by atoms with Gasteiger partial charge in [0.2, 0.25) is 5.91 Å². The van der Waals surface area contributed by atoms with Gasteiger partial charge in [-0.15, -0.1) is 0 Å². The predicted octanol–water partition coefficient (Wildman–Crippen LogP) is 0.639. The summed E-state index contributed by atoms with van der Waals surface area (Å²) in [7, 11) is -0.0848. The number of ether oxygens (including phenoxy) is 2. The third kappa shape index (κ3) is 5.22. The van der Waals surface area contributed by atoms with Crippen molar-refractivity contribution >= 4 is 26.6 Å². The van der Waals surface area contributed by atoms with Crippen molar-refractivity contribution in [3.8, 4) is 11.5 Å². The van der Waals surface area contributed by atoms with Crippen molar-refractivity contribution in [3.05, 3.63) is 34.1 Å². The van der Waals surface area contributed by atoms with E-state index in [1.165, 1.54) is 14.2 Å². The maximum atomic E-state index is 12.2. The van der Waals surface area contributed by atoms with Gasteiger partial charge in [-0.1, -0.05) is 0 Å². The molecular formula is C17H22N2O6S. The van der Waals surface area contributed by atoms with Crippen LogP contribution in [0.25, 0.3) is 10.9 Å². The number of hydrogen-bond donors (Lipinski definition) is 2. The zero-order chi connectivity index (χ0) is 19.3. The minimum atomic E-state index is -3.12. The first-order valence-corrected chi connectivity index (χ1v) is 10.0. The Balaban J connectivity index is 2.11. The molecule has 0 saturated heterocycles. The van der Waals surface area contributed by atoms with Crippen LogP contribution in [0.5, 0.6) is 11.5 Å². The van der Waals surface area contributed by atoms with Crippen molar-refractivity contribution in [2.75, 3.05) is 32.8 Å². The quantitative estimate of drug-likeness (QED) is 0.692. The van der Waals surface area contributed by atoms with Gasteiger partial charge in [0, 0.05) is 36.2 Å². The molecule has 1 heterocycles. The molecule has 9 heteroatoms. The van der Waals surface area contributed by atoms with Crippen molar-refractivity contribution in [2.24, 2.45) is 0 Å². The highest BCUT2D eigenvalue weighted by atomic mass is 32.2. The normalized spacial score (nSPS) is 11.3. The van der Waals surface area contributed by atoms with Crippen LogP contribution >= 0.6 is 0 Å². The van der Waals surface area contributed by atoms with Gasteiger partial charge < -0.3 is 19.8 Å². The molecule has 2 rings (SSSR count). The van der Waals surface area contributed by atoms with E-state index in [-0.39, 0.29) is 36.6 Å². The van der Waals surface area contributed by atoms with Crippen LogP contribution in [-0.4, -0.2) is 52.1 Å². The smallest absolute Gasteiger partial charge is 0.251 e. The van der Waals surface area contributed by atoms with E-state index in [2.05, 4.69) is 10.3 Å². The highest BCUT2D eigenvalue weighted by Gasteiger charge is 2.11. The van der Waals surface area contributed by atoms with Crippen molar-refractivity contribution in [3.63, 3.8) is 0 Å². The molecule has 1 aromatic carbocycles. The molecule has 8 nitrogen and oxygen atoms in total. The van der Waals surface area contributed by atoms with Crippen LogP contribution in [0.15, 0.2) is 23.0 Å². The molecule has 0 aliphatic heterocycles. The van der Waals surface area contributed by atoms with Crippen LogP contribution in [-0.2, 0) is 21.1 Å².